The molecule has 1 fully saturated rings. The zero-order valence-electron chi connectivity index (χ0n) is 17.2. The Bertz CT molecular complexity index is 935. The normalized spacial score (nSPS) is 15.8. The first-order chi connectivity index (χ1) is 13.9. The molecule has 160 valence electrons. The highest BCUT2D eigenvalue weighted by Gasteiger charge is 2.26. The summed E-state index contributed by atoms with van der Waals surface area (Å²) in [4.78, 5) is 14.2. The highest BCUT2D eigenvalue weighted by molar-refractivity contribution is 7.89. The van der Waals surface area contributed by atoms with Gasteiger partial charge in [-0.2, -0.15) is 4.31 Å². The molecule has 1 aliphatic rings. The van der Waals surface area contributed by atoms with Crippen LogP contribution in [-0.2, 0) is 21.4 Å². The fourth-order valence-corrected chi connectivity index (χ4v) is 4.97. The molecule has 1 amide bonds. The first-order valence-corrected chi connectivity index (χ1v) is 11.6. The smallest absolute Gasteiger partial charge is 0.243 e. The largest absolute Gasteiger partial charge is 0.355 e. The minimum absolute atomic E-state index is 0.0196. The van der Waals surface area contributed by atoms with Crippen LogP contribution in [-0.4, -0.2) is 78.8 Å². The van der Waals surface area contributed by atoms with Crippen LogP contribution in [0.3, 0.4) is 0 Å². The summed E-state index contributed by atoms with van der Waals surface area (Å²) in [7, 11) is 0.439. The van der Waals surface area contributed by atoms with E-state index >= 15 is 0 Å². The van der Waals surface area contributed by atoms with Crippen molar-refractivity contribution < 1.29 is 13.2 Å². The summed E-state index contributed by atoms with van der Waals surface area (Å²) in [5.74, 6) is 0.0196. The number of benzene rings is 1. The second-order valence-corrected chi connectivity index (χ2v) is 9.62. The van der Waals surface area contributed by atoms with E-state index in [2.05, 4.69) is 15.6 Å². The van der Waals surface area contributed by atoms with Crippen LogP contribution in [0.5, 0.6) is 0 Å². The molecule has 2 aromatic rings. The molecule has 0 bridgehead atoms. The maximum Gasteiger partial charge on any atom is 0.243 e. The van der Waals surface area contributed by atoms with Gasteiger partial charge in [0.2, 0.25) is 15.9 Å². The monoisotopic (exact) mass is 422 g/mol. The molecule has 0 saturated carbocycles. The SMILES string of the molecule is CN(C)CCNC(=O)CCCn1nnc2cc(S(=O)(=O)N3CCCCC3)ccc21. The molecule has 0 radical (unpaired) electrons. The molecular weight excluding hydrogens is 392 g/mol. The first kappa shape index (κ1) is 21.7. The van der Waals surface area contributed by atoms with Gasteiger partial charge in [0.05, 0.1) is 10.4 Å². The Morgan fingerprint density at radius 3 is 2.69 bits per heavy atom. The number of fused-ring (bicyclic) bond motifs is 1. The average Bonchev–Trinajstić information content (AvgIpc) is 3.11. The number of amides is 1. The van der Waals surface area contributed by atoms with Crippen LogP contribution in [0, 0.1) is 0 Å². The number of hydrogen-bond donors (Lipinski definition) is 1. The molecule has 1 aromatic carbocycles. The number of aryl methyl sites for hydroxylation is 1. The Labute approximate surface area is 172 Å². The van der Waals surface area contributed by atoms with E-state index in [9.17, 15) is 13.2 Å². The lowest BCUT2D eigenvalue weighted by Crippen LogP contribution is -2.35. The number of likely N-dealkylation sites (N-methyl/N-ethyl adjacent to an activating group) is 1. The molecule has 3 rings (SSSR count). The quantitative estimate of drug-likeness (QED) is 0.649. The molecule has 1 aromatic heterocycles. The molecule has 0 aliphatic carbocycles. The molecule has 0 atom stereocenters. The van der Waals surface area contributed by atoms with Crippen molar-refractivity contribution in [2.24, 2.45) is 0 Å². The highest BCUT2D eigenvalue weighted by atomic mass is 32.2. The van der Waals surface area contributed by atoms with Crippen molar-refractivity contribution in [2.45, 2.75) is 43.5 Å². The summed E-state index contributed by atoms with van der Waals surface area (Å²) in [6.07, 6.45) is 3.93. The van der Waals surface area contributed by atoms with Crippen molar-refractivity contribution in [3.63, 3.8) is 0 Å². The summed E-state index contributed by atoms with van der Waals surface area (Å²) < 4.78 is 28.9. The van der Waals surface area contributed by atoms with Gasteiger partial charge < -0.3 is 10.2 Å². The molecule has 2 heterocycles. The van der Waals surface area contributed by atoms with Gasteiger partial charge in [0.25, 0.3) is 0 Å². The van der Waals surface area contributed by atoms with E-state index in [1.807, 2.05) is 19.0 Å². The number of carbonyl (C=O) groups excluding carboxylic acids is 1. The van der Waals surface area contributed by atoms with E-state index in [1.165, 1.54) is 0 Å². The number of aromatic nitrogens is 3. The van der Waals surface area contributed by atoms with E-state index in [4.69, 9.17) is 0 Å². The molecule has 1 aliphatic heterocycles. The average molecular weight is 423 g/mol. The number of piperidine rings is 1. The van der Waals surface area contributed by atoms with E-state index in [0.29, 0.717) is 44.5 Å². The molecule has 1 N–H and O–H groups in total. The van der Waals surface area contributed by atoms with Gasteiger partial charge in [-0.25, -0.2) is 13.1 Å². The van der Waals surface area contributed by atoms with Crippen LogP contribution in [0.2, 0.25) is 0 Å². The van der Waals surface area contributed by atoms with Crippen LogP contribution in [0.4, 0.5) is 0 Å². The fraction of sp³-hybridized carbons (Fsp3) is 0.632. The molecule has 1 saturated heterocycles. The predicted octanol–water partition coefficient (Wildman–Crippen LogP) is 1.06. The van der Waals surface area contributed by atoms with Crippen LogP contribution in [0.25, 0.3) is 11.0 Å². The third-order valence-corrected chi connectivity index (χ3v) is 6.99. The van der Waals surface area contributed by atoms with Gasteiger partial charge in [0.15, 0.2) is 0 Å². The van der Waals surface area contributed by atoms with Crippen LogP contribution in [0.15, 0.2) is 23.1 Å². The van der Waals surface area contributed by atoms with Gasteiger partial charge >= 0.3 is 0 Å². The molecule has 0 unspecified atom stereocenters. The van der Waals surface area contributed by atoms with Crippen molar-refractivity contribution in [3.05, 3.63) is 18.2 Å². The number of sulfonamides is 1. The van der Waals surface area contributed by atoms with E-state index in [-0.39, 0.29) is 10.8 Å². The molecule has 10 heteroatoms. The van der Waals surface area contributed by atoms with E-state index < -0.39 is 10.0 Å². The first-order valence-electron chi connectivity index (χ1n) is 10.1. The van der Waals surface area contributed by atoms with Crippen LogP contribution >= 0.6 is 0 Å². The van der Waals surface area contributed by atoms with Crippen molar-refractivity contribution in [2.75, 3.05) is 40.3 Å². The topological polar surface area (TPSA) is 100 Å². The standard InChI is InChI=1S/C19H30N6O3S/c1-23(2)14-10-20-19(26)7-6-13-25-18-9-8-16(15-17(18)21-22-25)29(27,28)24-11-4-3-5-12-24/h8-9,15H,3-7,10-14H2,1-2H3,(H,20,26). The Kier molecular flexibility index (Phi) is 7.20. The summed E-state index contributed by atoms with van der Waals surface area (Å²) in [5, 5.41) is 11.2. The summed E-state index contributed by atoms with van der Waals surface area (Å²) in [6, 6.07) is 4.97. The minimum Gasteiger partial charge on any atom is -0.355 e. The number of nitrogens with one attached hydrogen (secondary N) is 1. The van der Waals surface area contributed by atoms with Gasteiger partial charge in [-0.05, 0) is 51.6 Å². The lowest BCUT2D eigenvalue weighted by atomic mass is 10.2. The number of hydrogen-bond acceptors (Lipinski definition) is 6. The molecule has 0 spiro atoms. The zero-order chi connectivity index (χ0) is 20.9. The van der Waals surface area contributed by atoms with Crippen molar-refractivity contribution >= 4 is 27.0 Å². The fourth-order valence-electron chi connectivity index (χ4n) is 3.43. The maximum atomic E-state index is 12.8. The van der Waals surface area contributed by atoms with Gasteiger partial charge in [-0.3, -0.25) is 4.79 Å². The van der Waals surface area contributed by atoms with Crippen LogP contribution < -0.4 is 5.32 Å². The predicted molar refractivity (Wildman–Crippen MR) is 111 cm³/mol. The molecular formula is C19H30N6O3S. The van der Waals surface area contributed by atoms with Gasteiger partial charge in [-0.1, -0.05) is 11.6 Å². The van der Waals surface area contributed by atoms with Crippen molar-refractivity contribution in [1.29, 1.82) is 0 Å². The van der Waals surface area contributed by atoms with E-state index in [0.717, 1.165) is 31.3 Å². The van der Waals surface area contributed by atoms with Crippen molar-refractivity contribution in [1.82, 2.24) is 29.5 Å². The second-order valence-electron chi connectivity index (χ2n) is 7.68. The number of carbonyl (C=O) groups is 1. The number of rotatable bonds is 9. The minimum atomic E-state index is -3.49. The second kappa shape index (κ2) is 9.64. The lowest BCUT2D eigenvalue weighted by Gasteiger charge is -2.25. The zero-order valence-corrected chi connectivity index (χ0v) is 18.0. The van der Waals surface area contributed by atoms with Crippen LogP contribution in [0.1, 0.15) is 32.1 Å². The third-order valence-electron chi connectivity index (χ3n) is 5.09. The summed E-state index contributed by atoms with van der Waals surface area (Å²) in [5.41, 5.74) is 1.33. The Hall–Kier alpha value is -2.04. The Morgan fingerprint density at radius 1 is 1.21 bits per heavy atom. The van der Waals surface area contributed by atoms with Gasteiger partial charge in [0.1, 0.15) is 5.52 Å². The summed E-state index contributed by atoms with van der Waals surface area (Å²) in [6.45, 7) is 3.14. The van der Waals surface area contributed by atoms with Crippen molar-refractivity contribution in [3.8, 4) is 0 Å². The molecule has 9 nitrogen and oxygen atoms in total. The number of nitrogens with zero attached hydrogens (tertiary/aromatic N) is 5. The maximum absolute atomic E-state index is 12.8. The molecule has 29 heavy (non-hydrogen) atoms. The lowest BCUT2D eigenvalue weighted by molar-refractivity contribution is -0.121. The highest BCUT2D eigenvalue weighted by Crippen LogP contribution is 2.23. The van der Waals surface area contributed by atoms with Gasteiger partial charge in [0, 0.05) is 39.1 Å². The Morgan fingerprint density at radius 2 is 1.97 bits per heavy atom. The van der Waals surface area contributed by atoms with E-state index in [1.54, 1.807) is 27.2 Å². The third kappa shape index (κ3) is 5.52. The Balaban J connectivity index is 1.60. The summed E-state index contributed by atoms with van der Waals surface area (Å²) >= 11 is 0. The van der Waals surface area contributed by atoms with Gasteiger partial charge in [-0.15, -0.1) is 5.10 Å².